The van der Waals surface area contributed by atoms with Crippen molar-refractivity contribution in [3.63, 3.8) is 0 Å². The Hall–Kier alpha value is -3.08. The van der Waals surface area contributed by atoms with Crippen LogP contribution < -0.4 is 5.32 Å². The smallest absolute Gasteiger partial charge is 0.338 e. The molecule has 0 unspecified atom stereocenters. The van der Waals surface area contributed by atoms with E-state index in [0.717, 1.165) is 11.0 Å². The molecule has 24 heavy (non-hydrogen) atoms. The Morgan fingerprint density at radius 3 is 2.54 bits per heavy atom. The van der Waals surface area contributed by atoms with Crippen molar-refractivity contribution < 1.29 is 18.7 Å². The quantitative estimate of drug-likeness (QED) is 0.730. The Labute approximate surface area is 139 Å². The predicted octanol–water partition coefficient (Wildman–Crippen LogP) is 3.47. The first-order valence-corrected chi connectivity index (χ1v) is 7.63. The number of ether oxygens (including phenoxy) is 1. The van der Waals surface area contributed by atoms with E-state index in [-0.39, 0.29) is 18.6 Å². The molecule has 3 rings (SSSR count). The van der Waals surface area contributed by atoms with Crippen LogP contribution in [0.3, 0.4) is 0 Å². The van der Waals surface area contributed by atoms with E-state index in [1.54, 1.807) is 30.3 Å². The number of furan rings is 1. The minimum absolute atomic E-state index is 0.319. The number of hydrogen-bond donors (Lipinski definition) is 1. The maximum Gasteiger partial charge on any atom is 0.338 e. The van der Waals surface area contributed by atoms with Gasteiger partial charge in [-0.15, -0.1) is 0 Å². The number of nitrogens with one attached hydrogen (secondary N) is 1. The summed E-state index contributed by atoms with van der Waals surface area (Å²) in [7, 11) is 0. The number of amides is 1. The lowest BCUT2D eigenvalue weighted by Crippen LogP contribution is -2.30. The van der Waals surface area contributed by atoms with Gasteiger partial charge in [0, 0.05) is 5.39 Å². The van der Waals surface area contributed by atoms with Crippen LogP contribution in [0, 0.1) is 0 Å². The van der Waals surface area contributed by atoms with Crippen LogP contribution in [-0.2, 0) is 9.53 Å². The third-order valence-electron chi connectivity index (χ3n) is 3.59. The second-order valence-electron chi connectivity index (χ2n) is 5.42. The second kappa shape index (κ2) is 7.00. The van der Waals surface area contributed by atoms with Gasteiger partial charge in [-0.3, -0.25) is 4.79 Å². The first-order chi connectivity index (χ1) is 11.6. The number of para-hydroxylation sites is 1. The van der Waals surface area contributed by atoms with Crippen molar-refractivity contribution in [2.75, 3.05) is 6.61 Å². The van der Waals surface area contributed by atoms with Crippen LogP contribution in [0.25, 0.3) is 11.0 Å². The summed E-state index contributed by atoms with van der Waals surface area (Å²) in [6.45, 7) is 1.48. The number of carbonyl (C=O) groups is 2. The highest BCUT2D eigenvalue weighted by atomic mass is 16.5. The first kappa shape index (κ1) is 15.8. The molecule has 1 N–H and O–H groups in total. The molecule has 122 valence electrons. The fraction of sp³-hybridized carbons (Fsp3) is 0.158. The molecule has 1 heterocycles. The molecule has 0 saturated heterocycles. The van der Waals surface area contributed by atoms with Crippen LogP contribution in [0.5, 0.6) is 0 Å². The monoisotopic (exact) mass is 323 g/mol. The Morgan fingerprint density at radius 2 is 1.79 bits per heavy atom. The molecule has 0 aliphatic rings. The van der Waals surface area contributed by atoms with Gasteiger partial charge in [0.1, 0.15) is 11.3 Å². The van der Waals surface area contributed by atoms with Crippen LogP contribution in [0.4, 0.5) is 0 Å². The molecule has 0 aliphatic heterocycles. The van der Waals surface area contributed by atoms with E-state index in [0.29, 0.717) is 11.3 Å². The zero-order valence-corrected chi connectivity index (χ0v) is 13.2. The summed E-state index contributed by atoms with van der Waals surface area (Å²) < 4.78 is 10.7. The zero-order chi connectivity index (χ0) is 16.9. The van der Waals surface area contributed by atoms with Crippen LogP contribution in [0.15, 0.2) is 65.1 Å². The van der Waals surface area contributed by atoms with Gasteiger partial charge in [-0.05, 0) is 31.2 Å². The van der Waals surface area contributed by atoms with Crippen LogP contribution in [-0.4, -0.2) is 18.5 Å². The summed E-state index contributed by atoms with van der Waals surface area (Å²) in [4.78, 5) is 23.7. The van der Waals surface area contributed by atoms with Gasteiger partial charge in [0.05, 0.1) is 11.6 Å². The first-order valence-electron chi connectivity index (χ1n) is 7.63. The lowest BCUT2D eigenvalue weighted by molar-refractivity contribution is -0.125. The van der Waals surface area contributed by atoms with Crippen molar-refractivity contribution in [1.29, 1.82) is 0 Å². The van der Waals surface area contributed by atoms with Crippen LogP contribution >= 0.6 is 0 Å². The Bertz CT molecular complexity index is 821. The third kappa shape index (κ3) is 3.63. The molecule has 0 bridgehead atoms. The topological polar surface area (TPSA) is 68.5 Å². The lowest BCUT2D eigenvalue weighted by atomic mass is 10.2. The van der Waals surface area contributed by atoms with E-state index in [4.69, 9.17) is 9.15 Å². The largest absolute Gasteiger partial charge is 0.459 e. The second-order valence-corrected chi connectivity index (χ2v) is 5.42. The van der Waals surface area contributed by atoms with Crippen molar-refractivity contribution in [2.45, 2.75) is 13.0 Å². The molecular weight excluding hydrogens is 306 g/mol. The van der Waals surface area contributed by atoms with Crippen molar-refractivity contribution in [3.05, 3.63) is 72.0 Å². The van der Waals surface area contributed by atoms with E-state index < -0.39 is 5.97 Å². The van der Waals surface area contributed by atoms with Gasteiger partial charge in [-0.25, -0.2) is 4.79 Å². The van der Waals surface area contributed by atoms with E-state index in [1.807, 2.05) is 37.3 Å². The summed E-state index contributed by atoms with van der Waals surface area (Å²) in [6, 6.07) is 17.7. The number of benzene rings is 2. The van der Waals surface area contributed by atoms with Crippen LogP contribution in [0.2, 0.25) is 0 Å². The highest BCUT2D eigenvalue weighted by Crippen LogP contribution is 2.23. The summed E-state index contributed by atoms with van der Waals surface area (Å²) in [5.41, 5.74) is 1.18. The number of rotatable bonds is 5. The lowest BCUT2D eigenvalue weighted by Gasteiger charge is -2.11. The Morgan fingerprint density at radius 1 is 1.08 bits per heavy atom. The Kier molecular flexibility index (Phi) is 4.61. The maximum absolute atomic E-state index is 11.9. The van der Waals surface area contributed by atoms with E-state index >= 15 is 0 Å². The van der Waals surface area contributed by atoms with Gasteiger partial charge in [0.15, 0.2) is 6.61 Å². The minimum atomic E-state index is -0.526. The third-order valence-corrected chi connectivity index (χ3v) is 3.59. The summed E-state index contributed by atoms with van der Waals surface area (Å²) in [5, 5.41) is 3.73. The maximum atomic E-state index is 11.9. The minimum Gasteiger partial charge on any atom is -0.459 e. The molecule has 0 spiro atoms. The van der Waals surface area contributed by atoms with Gasteiger partial charge in [0.2, 0.25) is 0 Å². The van der Waals surface area contributed by atoms with E-state index in [9.17, 15) is 9.59 Å². The molecule has 1 atom stereocenters. The summed E-state index contributed by atoms with van der Waals surface area (Å²) >= 11 is 0. The van der Waals surface area contributed by atoms with Crippen LogP contribution in [0.1, 0.15) is 29.1 Å². The normalized spacial score (nSPS) is 11.9. The van der Waals surface area contributed by atoms with Gasteiger partial charge < -0.3 is 14.5 Å². The molecule has 0 radical (unpaired) electrons. The molecule has 1 amide bonds. The number of hydrogen-bond acceptors (Lipinski definition) is 4. The number of fused-ring (bicyclic) bond motifs is 1. The molecule has 1 aromatic heterocycles. The van der Waals surface area contributed by atoms with Gasteiger partial charge in [0.25, 0.3) is 5.91 Å². The summed E-state index contributed by atoms with van der Waals surface area (Å²) in [6.07, 6.45) is 0. The summed E-state index contributed by atoms with van der Waals surface area (Å²) in [5.74, 6) is -0.256. The van der Waals surface area contributed by atoms with E-state index in [2.05, 4.69) is 5.32 Å². The van der Waals surface area contributed by atoms with Gasteiger partial charge in [-0.2, -0.15) is 0 Å². The average Bonchev–Trinajstić information content (AvgIpc) is 3.05. The standard InChI is InChI=1S/C19H17NO4/c1-13(17-11-15-9-5-6-10-16(15)24-17)20-18(21)12-23-19(22)14-7-3-2-4-8-14/h2-11,13H,12H2,1H3,(H,20,21)/t13-/m1/s1. The van der Waals surface area contributed by atoms with Gasteiger partial charge >= 0.3 is 5.97 Å². The molecule has 2 aromatic carbocycles. The van der Waals surface area contributed by atoms with Crippen molar-refractivity contribution in [1.82, 2.24) is 5.32 Å². The SMILES string of the molecule is C[C@@H](NC(=O)COC(=O)c1ccccc1)c1cc2ccccc2o1. The molecule has 0 fully saturated rings. The predicted molar refractivity (Wildman–Crippen MR) is 89.5 cm³/mol. The van der Waals surface area contributed by atoms with Gasteiger partial charge in [-0.1, -0.05) is 36.4 Å². The molecular formula is C19H17NO4. The van der Waals surface area contributed by atoms with Crippen molar-refractivity contribution in [3.8, 4) is 0 Å². The van der Waals surface area contributed by atoms with E-state index in [1.165, 1.54) is 0 Å². The number of esters is 1. The Balaban J connectivity index is 1.55. The van der Waals surface area contributed by atoms with Crippen molar-refractivity contribution in [2.24, 2.45) is 0 Å². The molecule has 5 nitrogen and oxygen atoms in total. The molecule has 5 heteroatoms. The fourth-order valence-electron chi connectivity index (χ4n) is 2.36. The highest BCUT2D eigenvalue weighted by molar-refractivity contribution is 5.91. The molecule has 0 saturated carbocycles. The zero-order valence-electron chi connectivity index (χ0n) is 13.2. The molecule has 0 aliphatic carbocycles. The van der Waals surface area contributed by atoms with Crippen molar-refractivity contribution >= 4 is 22.8 Å². The fourth-order valence-corrected chi connectivity index (χ4v) is 2.36. The highest BCUT2D eigenvalue weighted by Gasteiger charge is 2.15. The average molecular weight is 323 g/mol. The molecule has 3 aromatic rings. The number of carbonyl (C=O) groups excluding carboxylic acids is 2.